The average Bonchev–Trinajstić information content (AvgIpc) is 3.44. The van der Waals surface area contributed by atoms with E-state index in [9.17, 15) is 5.11 Å². The van der Waals surface area contributed by atoms with Crippen molar-refractivity contribution in [3.8, 4) is 5.75 Å². The van der Waals surface area contributed by atoms with Crippen LogP contribution in [0.15, 0.2) is 103 Å². The zero-order chi connectivity index (χ0) is 31.4. The van der Waals surface area contributed by atoms with Crippen molar-refractivity contribution in [2.75, 3.05) is 13.2 Å². The summed E-state index contributed by atoms with van der Waals surface area (Å²) in [6, 6.07) is 34.0. The Hall–Kier alpha value is -3.23. The highest BCUT2D eigenvalue weighted by atomic mass is 35.5. The molecule has 0 radical (unpaired) electrons. The van der Waals surface area contributed by atoms with Gasteiger partial charge in [-0.15, -0.1) is 0 Å². The minimum absolute atomic E-state index is 0.194. The van der Waals surface area contributed by atoms with Gasteiger partial charge in [-0.3, -0.25) is 0 Å². The van der Waals surface area contributed by atoms with Crippen molar-refractivity contribution < 1.29 is 28.8 Å². The Balaban J connectivity index is 1.39. The maximum absolute atomic E-state index is 11.2. The van der Waals surface area contributed by atoms with Crippen molar-refractivity contribution >= 4 is 11.6 Å². The number of fused-ring (bicyclic) bond motifs is 2. The van der Waals surface area contributed by atoms with E-state index in [1.165, 1.54) is 0 Å². The molecule has 6 nitrogen and oxygen atoms in total. The SMILES string of the molecule is CCOc1ccc(Cc2cc([C@]34OC[C@](C(C)O)(O3)[C@@H](C)[C@H](OCc3ccccc3)[C@H]4OCc3ccccc3)ccc2Cl)cc1. The first-order valence-electron chi connectivity index (χ1n) is 15.7. The molecule has 1 unspecified atom stereocenters. The third kappa shape index (κ3) is 6.41. The normalized spacial score (nSPS) is 26.5. The second kappa shape index (κ2) is 13.6. The smallest absolute Gasteiger partial charge is 0.225 e. The van der Waals surface area contributed by atoms with E-state index >= 15 is 0 Å². The van der Waals surface area contributed by atoms with Crippen molar-refractivity contribution in [3.63, 3.8) is 0 Å². The van der Waals surface area contributed by atoms with Crippen molar-refractivity contribution in [3.05, 3.63) is 136 Å². The van der Waals surface area contributed by atoms with Gasteiger partial charge in [-0.25, -0.2) is 0 Å². The lowest BCUT2D eigenvalue weighted by atomic mass is 9.75. The molecular formula is C38H41ClO6. The lowest BCUT2D eigenvalue weighted by molar-refractivity contribution is -0.343. The molecule has 2 aliphatic heterocycles. The van der Waals surface area contributed by atoms with Gasteiger partial charge in [0.15, 0.2) is 0 Å². The summed E-state index contributed by atoms with van der Waals surface area (Å²) < 4.78 is 32.8. The predicted octanol–water partition coefficient (Wildman–Crippen LogP) is 7.47. The standard InChI is InChI=1S/C38H41ClO6/c1-4-41-33-18-15-28(16-19-33)21-31-22-32(17-20-34(31)39)38-36(43-24-30-13-9-6-10-14-30)35(42-23-29-11-7-5-8-12-29)26(2)37(45-38,25-44-38)27(3)40/h5-20,22,26-27,35-36,40H,4,21,23-25H2,1-3H3/t26-,27?,35-,36+,37-,38-/m0/s1. The number of aliphatic hydroxyl groups excluding tert-OH is 1. The molecule has 45 heavy (non-hydrogen) atoms. The largest absolute Gasteiger partial charge is 0.494 e. The zero-order valence-electron chi connectivity index (χ0n) is 26.0. The quantitative estimate of drug-likeness (QED) is 0.176. The second-order valence-electron chi connectivity index (χ2n) is 12.0. The van der Waals surface area contributed by atoms with Crippen LogP contribution in [0, 0.1) is 5.92 Å². The maximum Gasteiger partial charge on any atom is 0.225 e. The average molecular weight is 629 g/mol. The van der Waals surface area contributed by atoms with Crippen molar-refractivity contribution in [1.82, 2.24) is 0 Å². The molecule has 6 atom stereocenters. The number of hydrogen-bond donors (Lipinski definition) is 1. The van der Waals surface area contributed by atoms with Crippen LogP contribution in [0.2, 0.25) is 5.02 Å². The highest BCUT2D eigenvalue weighted by Crippen LogP contribution is 2.55. The summed E-state index contributed by atoms with van der Waals surface area (Å²) in [6.45, 7) is 7.32. The number of ether oxygens (including phenoxy) is 5. The summed E-state index contributed by atoms with van der Waals surface area (Å²) in [5, 5.41) is 11.8. The number of rotatable bonds is 12. The molecule has 0 spiro atoms. The highest BCUT2D eigenvalue weighted by molar-refractivity contribution is 6.31. The van der Waals surface area contributed by atoms with Gasteiger partial charge in [0.05, 0.1) is 38.6 Å². The van der Waals surface area contributed by atoms with Crippen molar-refractivity contribution in [2.24, 2.45) is 5.92 Å². The topological polar surface area (TPSA) is 66.4 Å². The van der Waals surface area contributed by atoms with Crippen LogP contribution < -0.4 is 4.74 Å². The Bertz CT molecular complexity index is 1550. The summed E-state index contributed by atoms with van der Waals surface area (Å²) >= 11 is 6.79. The first-order valence-corrected chi connectivity index (χ1v) is 16.1. The Labute approximate surface area is 270 Å². The first-order chi connectivity index (χ1) is 21.8. The molecule has 2 saturated heterocycles. The van der Waals surface area contributed by atoms with E-state index in [4.69, 9.17) is 35.3 Å². The van der Waals surface area contributed by atoms with Crippen LogP contribution in [0.1, 0.15) is 48.6 Å². The summed E-state index contributed by atoms with van der Waals surface area (Å²) in [5.74, 6) is -0.746. The van der Waals surface area contributed by atoms with Crippen LogP contribution in [-0.4, -0.2) is 42.2 Å². The number of hydrogen-bond acceptors (Lipinski definition) is 6. The molecule has 2 bridgehead atoms. The van der Waals surface area contributed by atoms with Crippen molar-refractivity contribution in [2.45, 2.75) is 70.1 Å². The fourth-order valence-corrected chi connectivity index (χ4v) is 6.74. The van der Waals surface area contributed by atoms with E-state index < -0.39 is 29.7 Å². The minimum Gasteiger partial charge on any atom is -0.494 e. The second-order valence-corrected chi connectivity index (χ2v) is 12.4. The van der Waals surface area contributed by atoms with E-state index in [1.807, 2.05) is 97.9 Å². The molecule has 7 heteroatoms. The molecule has 236 valence electrons. The van der Waals surface area contributed by atoms with Crippen LogP contribution >= 0.6 is 11.6 Å². The third-order valence-corrected chi connectivity index (χ3v) is 9.50. The molecule has 4 aromatic rings. The van der Waals surface area contributed by atoms with Gasteiger partial charge >= 0.3 is 0 Å². The van der Waals surface area contributed by atoms with Gasteiger partial charge in [0.25, 0.3) is 0 Å². The van der Waals surface area contributed by atoms with E-state index in [0.29, 0.717) is 31.3 Å². The lowest BCUT2D eigenvalue weighted by Gasteiger charge is -2.51. The summed E-state index contributed by atoms with van der Waals surface area (Å²) in [5.41, 5.74) is 3.88. The molecule has 1 N–H and O–H groups in total. The van der Waals surface area contributed by atoms with Gasteiger partial charge < -0.3 is 28.8 Å². The van der Waals surface area contributed by atoms with Gasteiger partial charge in [-0.05, 0) is 66.8 Å². The zero-order valence-corrected chi connectivity index (χ0v) is 26.8. The third-order valence-electron chi connectivity index (χ3n) is 9.13. The summed E-state index contributed by atoms with van der Waals surface area (Å²) in [7, 11) is 0. The Kier molecular flexibility index (Phi) is 9.62. The summed E-state index contributed by atoms with van der Waals surface area (Å²) in [6.07, 6.45) is -1.31. The van der Waals surface area contributed by atoms with Crippen LogP contribution in [0.25, 0.3) is 0 Å². The monoisotopic (exact) mass is 628 g/mol. The fourth-order valence-electron chi connectivity index (χ4n) is 6.56. The van der Waals surface area contributed by atoms with Gasteiger partial charge in [-0.2, -0.15) is 0 Å². The molecule has 0 aliphatic carbocycles. The Morgan fingerprint density at radius 1 is 0.867 bits per heavy atom. The van der Waals surface area contributed by atoms with Crippen LogP contribution in [0.3, 0.4) is 0 Å². The predicted molar refractivity (Wildman–Crippen MR) is 174 cm³/mol. The summed E-state index contributed by atoms with van der Waals surface area (Å²) in [4.78, 5) is 0. The fraction of sp³-hybridized carbons (Fsp3) is 0.368. The highest BCUT2D eigenvalue weighted by Gasteiger charge is 2.69. The minimum atomic E-state index is -1.34. The Morgan fingerprint density at radius 3 is 2.13 bits per heavy atom. The van der Waals surface area contributed by atoms with Crippen molar-refractivity contribution in [1.29, 1.82) is 0 Å². The van der Waals surface area contributed by atoms with E-state index in [0.717, 1.165) is 33.6 Å². The Morgan fingerprint density at radius 2 is 1.51 bits per heavy atom. The molecule has 2 fully saturated rings. The van der Waals surface area contributed by atoms with E-state index in [-0.39, 0.29) is 12.5 Å². The number of benzene rings is 4. The molecule has 0 amide bonds. The lowest BCUT2D eigenvalue weighted by Crippen LogP contribution is -2.65. The van der Waals surface area contributed by atoms with E-state index in [1.54, 1.807) is 6.92 Å². The van der Waals surface area contributed by atoms with Gasteiger partial charge in [0, 0.05) is 16.5 Å². The molecule has 0 aromatic heterocycles. The van der Waals surface area contributed by atoms with Crippen LogP contribution in [0.4, 0.5) is 0 Å². The molecule has 0 saturated carbocycles. The van der Waals surface area contributed by atoms with Gasteiger partial charge in [0.2, 0.25) is 5.79 Å². The van der Waals surface area contributed by atoms with Gasteiger partial charge in [-0.1, -0.05) is 97.4 Å². The molecular weight excluding hydrogens is 588 g/mol. The van der Waals surface area contributed by atoms with E-state index in [2.05, 4.69) is 19.1 Å². The van der Waals surface area contributed by atoms with Crippen LogP contribution in [0.5, 0.6) is 5.75 Å². The van der Waals surface area contributed by atoms with Gasteiger partial charge in [0.1, 0.15) is 17.5 Å². The molecule has 6 rings (SSSR count). The molecule has 4 aromatic carbocycles. The maximum atomic E-state index is 11.2. The molecule has 2 heterocycles. The molecule has 2 aliphatic rings. The number of halogens is 1. The first kappa shape index (κ1) is 31.7. The van der Waals surface area contributed by atoms with Crippen LogP contribution in [-0.2, 0) is 44.4 Å². The number of aliphatic hydroxyl groups is 1.